The Hall–Kier alpha value is -2.52. The predicted molar refractivity (Wildman–Crippen MR) is 123 cm³/mol. The first-order chi connectivity index (χ1) is 15.0. The molecule has 2 N–H and O–H groups in total. The molecule has 2 unspecified atom stereocenters. The second-order valence-electron chi connectivity index (χ2n) is 6.65. The summed E-state index contributed by atoms with van der Waals surface area (Å²) in [5, 5.41) is 9.12. The zero-order valence-electron chi connectivity index (χ0n) is 17.5. The molecule has 0 fully saturated rings. The van der Waals surface area contributed by atoms with Crippen LogP contribution in [0.4, 0.5) is 11.4 Å². The van der Waals surface area contributed by atoms with E-state index < -0.39 is 6.04 Å². The first kappa shape index (κ1) is 27.5. The Labute approximate surface area is 215 Å². The van der Waals surface area contributed by atoms with Crippen molar-refractivity contribution < 1.29 is 39.1 Å². The van der Waals surface area contributed by atoms with Gasteiger partial charge in [-0.15, -0.1) is 0 Å². The van der Waals surface area contributed by atoms with Gasteiger partial charge in [0, 0.05) is 16.3 Å². The number of para-hydroxylation sites is 2. The summed E-state index contributed by atoms with van der Waals surface area (Å²) < 4.78 is 0. The fourth-order valence-electron chi connectivity index (χ4n) is 3.16. The van der Waals surface area contributed by atoms with Gasteiger partial charge >= 0.3 is 29.6 Å². The smallest absolute Gasteiger partial charge is 0.373 e. The number of carbonyl (C=O) groups excluding carboxylic acids is 2. The summed E-state index contributed by atoms with van der Waals surface area (Å²) in [7, 11) is 0. The zero-order chi connectivity index (χ0) is 22.6. The molecule has 160 valence electrons. The third-order valence-electron chi connectivity index (χ3n) is 4.68. The fourth-order valence-corrected chi connectivity index (χ4v) is 3.50. The van der Waals surface area contributed by atoms with E-state index in [1.54, 1.807) is 0 Å². The summed E-state index contributed by atoms with van der Waals surface area (Å²) in [6.07, 6.45) is 3.12. The van der Waals surface area contributed by atoms with Crippen molar-refractivity contribution in [2.24, 2.45) is 5.11 Å². The minimum absolute atomic E-state index is 0. The largest absolute Gasteiger partial charge is 1.00 e. The van der Waals surface area contributed by atoms with Crippen molar-refractivity contribution in [2.75, 3.05) is 10.6 Å². The molecule has 12 heteroatoms. The van der Waals surface area contributed by atoms with E-state index in [0.29, 0.717) is 6.42 Å². The van der Waals surface area contributed by atoms with Crippen LogP contribution in [0.3, 0.4) is 0 Å². The molecule has 2 aromatic rings. The van der Waals surface area contributed by atoms with E-state index in [-0.39, 0.29) is 46.2 Å². The number of fused-ring (bicyclic) bond motifs is 2. The van der Waals surface area contributed by atoms with E-state index in [9.17, 15) is 9.59 Å². The van der Waals surface area contributed by atoms with Crippen LogP contribution in [0.2, 0.25) is 0 Å². The normalized spacial score (nSPS) is 18.2. The van der Waals surface area contributed by atoms with Crippen LogP contribution in [0, 0.1) is 0 Å². The number of aryl methyl sites for hydroxylation is 2. The molecule has 0 aromatic heterocycles. The Morgan fingerprint density at radius 1 is 0.844 bits per heavy atom. The molecule has 0 radical (unpaired) electrons. The summed E-state index contributed by atoms with van der Waals surface area (Å²) in [6.45, 7) is 0. The molecule has 2 aliphatic rings. The number of nitrogens with zero attached hydrogens (tertiary/aromatic N) is 6. The van der Waals surface area contributed by atoms with Gasteiger partial charge < -0.3 is 21.7 Å². The molecule has 4 rings (SSSR count). The van der Waals surface area contributed by atoms with Crippen molar-refractivity contribution >= 4 is 39.1 Å². The van der Waals surface area contributed by atoms with Gasteiger partial charge in [-0.2, -0.15) is 0 Å². The maximum absolute atomic E-state index is 11.6. The van der Waals surface area contributed by atoms with Crippen molar-refractivity contribution in [3.8, 4) is 0 Å². The predicted octanol–water partition coefficient (Wildman–Crippen LogP) is 2.46. The number of halogens is 1. The van der Waals surface area contributed by atoms with Gasteiger partial charge in [-0.05, 0) is 54.5 Å². The van der Waals surface area contributed by atoms with Crippen molar-refractivity contribution in [2.45, 2.75) is 36.6 Å². The van der Waals surface area contributed by atoms with E-state index in [4.69, 9.17) is 16.6 Å². The Kier molecular flexibility index (Phi) is 12.5. The molecule has 0 bridgehead atoms. The van der Waals surface area contributed by atoms with Crippen LogP contribution in [0.15, 0.2) is 53.6 Å². The Morgan fingerprint density at radius 2 is 1.31 bits per heavy atom. The molecule has 0 aliphatic carbocycles. The monoisotopic (exact) mass is 506 g/mol. The summed E-state index contributed by atoms with van der Waals surface area (Å²) in [6, 6.07) is 15.0. The Balaban J connectivity index is 0.000000280. The van der Waals surface area contributed by atoms with E-state index in [1.807, 2.05) is 42.5 Å². The van der Waals surface area contributed by atoms with Crippen LogP contribution >= 0.6 is 15.9 Å². The van der Waals surface area contributed by atoms with E-state index in [2.05, 4.69) is 42.7 Å². The zero-order valence-corrected chi connectivity index (χ0v) is 21.1. The Morgan fingerprint density at radius 3 is 1.84 bits per heavy atom. The average molecular weight is 507 g/mol. The van der Waals surface area contributed by atoms with E-state index in [1.165, 1.54) is 10.5 Å². The molecule has 32 heavy (non-hydrogen) atoms. The number of hydrogen-bond donors (Lipinski definition) is 2. The first-order valence-corrected chi connectivity index (χ1v) is 10.4. The molecule has 2 aliphatic heterocycles. The second-order valence-corrected chi connectivity index (χ2v) is 7.75. The topological polar surface area (TPSA) is 166 Å². The van der Waals surface area contributed by atoms with Crippen LogP contribution in [-0.2, 0) is 22.4 Å². The molecular formula is C20H20BrN8NaO2. The molecule has 2 aromatic carbocycles. The third kappa shape index (κ3) is 8.20. The number of anilines is 2. The summed E-state index contributed by atoms with van der Waals surface area (Å²) in [5.41, 5.74) is 25.9. The van der Waals surface area contributed by atoms with Gasteiger partial charge in [-0.1, -0.05) is 57.4 Å². The van der Waals surface area contributed by atoms with Crippen molar-refractivity contribution in [3.05, 3.63) is 86.1 Å². The van der Waals surface area contributed by atoms with Crippen molar-refractivity contribution in [3.63, 3.8) is 0 Å². The first-order valence-electron chi connectivity index (χ1n) is 9.44. The average Bonchev–Trinajstić information content (AvgIpc) is 3.01. The van der Waals surface area contributed by atoms with Gasteiger partial charge in [-0.25, -0.2) is 0 Å². The summed E-state index contributed by atoms with van der Waals surface area (Å²) in [5.74, 6) is -0.164. The Bertz CT molecular complexity index is 1020. The number of nitrogens with one attached hydrogen (secondary N) is 2. The number of benzene rings is 2. The molecule has 2 heterocycles. The molecule has 0 spiro atoms. The quantitative estimate of drug-likeness (QED) is 0.199. The SMILES string of the molecule is O=C1Nc2ccccc2CCC1Br.[N-]=[N+]=NC1CCc2ccccc2NC1=O.[N-]=[N+]=[N-].[Na+]. The van der Waals surface area contributed by atoms with Gasteiger partial charge in [0.15, 0.2) is 0 Å². The molecule has 2 atom stereocenters. The van der Waals surface area contributed by atoms with Gasteiger partial charge in [0.05, 0.1) is 4.83 Å². The molecule has 0 saturated carbocycles. The minimum Gasteiger partial charge on any atom is -0.373 e. The van der Waals surface area contributed by atoms with Crippen LogP contribution in [-0.4, -0.2) is 22.7 Å². The van der Waals surface area contributed by atoms with Crippen LogP contribution in [0.1, 0.15) is 24.0 Å². The number of rotatable bonds is 1. The van der Waals surface area contributed by atoms with Gasteiger partial charge in [-0.3, -0.25) is 14.5 Å². The third-order valence-corrected chi connectivity index (χ3v) is 5.56. The van der Waals surface area contributed by atoms with Crippen molar-refractivity contribution in [1.29, 1.82) is 0 Å². The molecule has 0 saturated heterocycles. The van der Waals surface area contributed by atoms with Gasteiger partial charge in [0.2, 0.25) is 11.8 Å². The second kappa shape index (κ2) is 14.5. The van der Waals surface area contributed by atoms with E-state index >= 15 is 0 Å². The molecular weight excluding hydrogens is 487 g/mol. The van der Waals surface area contributed by atoms with Crippen LogP contribution < -0.4 is 40.2 Å². The fraction of sp³-hybridized carbons (Fsp3) is 0.300. The molecule has 10 nitrogen and oxygen atoms in total. The van der Waals surface area contributed by atoms with Crippen LogP contribution in [0.5, 0.6) is 0 Å². The minimum atomic E-state index is -0.595. The summed E-state index contributed by atoms with van der Waals surface area (Å²) in [4.78, 5) is 27.1. The number of alkyl halides is 1. The number of amides is 2. The molecule has 2 amide bonds. The number of hydrogen-bond acceptors (Lipinski definition) is 3. The number of carbonyl (C=O) groups is 2. The summed E-state index contributed by atoms with van der Waals surface area (Å²) >= 11 is 3.35. The van der Waals surface area contributed by atoms with Crippen LogP contribution in [0.25, 0.3) is 26.4 Å². The maximum Gasteiger partial charge on any atom is 1.00 e. The standard InChI is InChI=1S/C10H10BrNO.C10H10N4O.N3.Na/c11-8-6-5-7-3-1-2-4-9(7)12-10(8)13;11-14-13-9-6-5-7-3-1-2-4-8(7)12-10(9)15;1-3-2;/h1-4,8H,5-6H2,(H,12,13);1-4,9H,5-6H2,(H,12,15);;/q;;-1;+1. The van der Waals surface area contributed by atoms with Gasteiger partial charge in [0.1, 0.15) is 6.04 Å². The van der Waals surface area contributed by atoms with E-state index in [0.717, 1.165) is 36.2 Å². The van der Waals surface area contributed by atoms with Crippen molar-refractivity contribution in [1.82, 2.24) is 0 Å². The number of azide groups is 1. The maximum atomic E-state index is 11.6. The van der Waals surface area contributed by atoms with Gasteiger partial charge in [0.25, 0.3) is 0 Å².